The molecule has 1 aromatic heterocycles. The number of hydrogen-bond acceptors (Lipinski definition) is 7. The highest BCUT2D eigenvalue weighted by molar-refractivity contribution is 8.04. The van der Waals surface area contributed by atoms with E-state index in [1.807, 2.05) is 97.9 Å². The highest BCUT2D eigenvalue weighted by atomic mass is 32.2. The Balaban J connectivity index is 1.24. The number of amides is 1. The Morgan fingerprint density at radius 2 is 1.66 bits per heavy atom. The Morgan fingerprint density at radius 1 is 1.03 bits per heavy atom. The predicted octanol–water partition coefficient (Wildman–Crippen LogP) is 6.28. The molecule has 3 aromatic carbocycles. The highest BCUT2D eigenvalue weighted by Gasteiger charge is 2.61. The van der Waals surface area contributed by atoms with Gasteiger partial charge in [0, 0.05) is 16.9 Å². The molecule has 2 aliphatic heterocycles. The number of nitrogens with zero attached hydrogens (tertiary/aromatic N) is 2. The topological polar surface area (TPSA) is 72.6 Å². The molecule has 2 aliphatic rings. The molecule has 6 rings (SSSR count). The third kappa shape index (κ3) is 4.74. The van der Waals surface area contributed by atoms with Crippen molar-refractivity contribution < 1.29 is 18.7 Å². The molecule has 0 N–H and O–H groups in total. The molecule has 0 spiro atoms. The largest absolute Gasteiger partial charge is 0.459 e. The third-order valence-corrected chi connectivity index (χ3v) is 9.75. The van der Waals surface area contributed by atoms with Gasteiger partial charge in [0.1, 0.15) is 18.3 Å². The standard InChI is InChI=1S/C30H26N2O4S2/c1-30(27(32-23(33)17-24(32)38-30)28(34)35-18-20-11-5-2-6-12-20)19-37-29-31-25(21-13-7-3-8-14-21)26(36-29)22-15-9-4-10-16-22/h2-16,24,27H,17-19H2,1H3/t24-,27+,30+/m1/s1. The van der Waals surface area contributed by atoms with Crippen LogP contribution in [0.5, 0.6) is 0 Å². The molecule has 8 heteroatoms. The summed E-state index contributed by atoms with van der Waals surface area (Å²) in [7, 11) is 0. The molecule has 0 radical (unpaired) electrons. The van der Waals surface area contributed by atoms with E-state index >= 15 is 0 Å². The zero-order valence-electron chi connectivity index (χ0n) is 20.8. The van der Waals surface area contributed by atoms with E-state index in [9.17, 15) is 9.59 Å². The maximum atomic E-state index is 13.3. The van der Waals surface area contributed by atoms with Gasteiger partial charge in [-0.2, -0.15) is 0 Å². The number of aromatic nitrogens is 1. The number of esters is 1. The van der Waals surface area contributed by atoms with Crippen LogP contribution in [0.15, 0.2) is 101 Å². The number of fused-ring (bicyclic) bond motifs is 1. The number of hydrogen-bond donors (Lipinski definition) is 0. The van der Waals surface area contributed by atoms with Gasteiger partial charge in [0.15, 0.2) is 5.76 Å². The second kappa shape index (κ2) is 10.3. The fourth-order valence-corrected chi connectivity index (χ4v) is 7.76. The van der Waals surface area contributed by atoms with Gasteiger partial charge < -0.3 is 14.1 Å². The Kier molecular flexibility index (Phi) is 6.76. The molecule has 0 bridgehead atoms. The summed E-state index contributed by atoms with van der Waals surface area (Å²) in [5.74, 6) is 0.863. The van der Waals surface area contributed by atoms with Crippen LogP contribution in [0.3, 0.4) is 0 Å². The van der Waals surface area contributed by atoms with Crippen LogP contribution >= 0.6 is 23.5 Å². The van der Waals surface area contributed by atoms with Crippen molar-refractivity contribution in [2.75, 3.05) is 5.75 Å². The van der Waals surface area contributed by atoms with Gasteiger partial charge in [0.05, 0.1) is 16.5 Å². The number of carbonyl (C=O) groups excluding carboxylic acids is 2. The van der Waals surface area contributed by atoms with Gasteiger partial charge in [-0.05, 0) is 12.5 Å². The Bertz CT molecular complexity index is 1390. The minimum Gasteiger partial charge on any atom is -0.459 e. The molecule has 1 amide bonds. The van der Waals surface area contributed by atoms with Crippen molar-refractivity contribution in [3.8, 4) is 22.6 Å². The van der Waals surface area contributed by atoms with E-state index in [0.717, 1.165) is 22.4 Å². The van der Waals surface area contributed by atoms with Gasteiger partial charge in [0.25, 0.3) is 5.22 Å². The van der Waals surface area contributed by atoms with Crippen LogP contribution in [0.1, 0.15) is 18.9 Å². The first-order chi connectivity index (χ1) is 18.5. The number of ether oxygens (including phenoxy) is 1. The molecule has 6 nitrogen and oxygen atoms in total. The Hall–Kier alpha value is -3.49. The van der Waals surface area contributed by atoms with Gasteiger partial charge >= 0.3 is 5.97 Å². The number of rotatable bonds is 8. The van der Waals surface area contributed by atoms with Crippen LogP contribution in [-0.2, 0) is 20.9 Å². The van der Waals surface area contributed by atoms with Crippen molar-refractivity contribution in [2.45, 2.75) is 41.3 Å². The molecule has 2 fully saturated rings. The summed E-state index contributed by atoms with van der Waals surface area (Å²) in [6.45, 7) is 2.21. The molecule has 38 heavy (non-hydrogen) atoms. The Morgan fingerprint density at radius 3 is 2.32 bits per heavy atom. The summed E-state index contributed by atoms with van der Waals surface area (Å²) in [4.78, 5) is 32.4. The molecular weight excluding hydrogens is 516 g/mol. The van der Waals surface area contributed by atoms with E-state index in [0.29, 0.717) is 23.2 Å². The molecule has 4 aromatic rings. The lowest BCUT2D eigenvalue weighted by Gasteiger charge is -2.37. The molecule has 2 saturated heterocycles. The number of carbonyl (C=O) groups is 2. The minimum absolute atomic E-state index is 0.00765. The minimum atomic E-state index is -0.660. The van der Waals surface area contributed by atoms with Crippen LogP contribution in [-0.4, -0.2) is 43.7 Å². The van der Waals surface area contributed by atoms with E-state index in [1.165, 1.54) is 11.8 Å². The van der Waals surface area contributed by atoms with Gasteiger partial charge in [-0.1, -0.05) is 103 Å². The maximum Gasteiger partial charge on any atom is 0.330 e. The predicted molar refractivity (Wildman–Crippen MR) is 149 cm³/mol. The second-order valence-corrected chi connectivity index (χ2v) is 12.2. The first kappa shape index (κ1) is 24.8. The van der Waals surface area contributed by atoms with Gasteiger partial charge in [-0.3, -0.25) is 4.79 Å². The van der Waals surface area contributed by atoms with Crippen molar-refractivity contribution in [3.63, 3.8) is 0 Å². The summed E-state index contributed by atoms with van der Waals surface area (Å²) in [5.41, 5.74) is 3.61. The molecule has 0 aliphatic carbocycles. The van der Waals surface area contributed by atoms with Crippen molar-refractivity contribution in [3.05, 3.63) is 96.6 Å². The van der Waals surface area contributed by atoms with Gasteiger partial charge in [-0.25, -0.2) is 9.78 Å². The number of β-lactam (4-membered cyclic amide) rings is 1. The first-order valence-electron chi connectivity index (χ1n) is 12.5. The van der Waals surface area contributed by atoms with E-state index in [-0.39, 0.29) is 23.9 Å². The van der Waals surface area contributed by atoms with Gasteiger partial charge in [0.2, 0.25) is 5.91 Å². The monoisotopic (exact) mass is 542 g/mol. The lowest BCUT2D eigenvalue weighted by atomic mass is 9.98. The smallest absolute Gasteiger partial charge is 0.330 e. The molecular formula is C30H26N2O4S2. The fraction of sp³-hybridized carbons (Fsp3) is 0.233. The van der Waals surface area contributed by atoms with E-state index in [1.54, 1.807) is 16.7 Å². The summed E-state index contributed by atoms with van der Waals surface area (Å²) < 4.78 is 11.5. The lowest BCUT2D eigenvalue weighted by Crippen LogP contribution is -2.58. The quantitative estimate of drug-likeness (QED) is 0.147. The van der Waals surface area contributed by atoms with Crippen LogP contribution in [0.4, 0.5) is 0 Å². The summed E-state index contributed by atoms with van der Waals surface area (Å²) in [6.07, 6.45) is 0.447. The summed E-state index contributed by atoms with van der Waals surface area (Å²) in [5, 5.41) is 0.521. The van der Waals surface area contributed by atoms with E-state index in [2.05, 4.69) is 0 Å². The Labute approximate surface area is 229 Å². The maximum absolute atomic E-state index is 13.3. The average molecular weight is 543 g/mol. The number of oxazole rings is 1. The number of thioether (sulfide) groups is 2. The van der Waals surface area contributed by atoms with Crippen LogP contribution < -0.4 is 0 Å². The van der Waals surface area contributed by atoms with Crippen LogP contribution in [0.25, 0.3) is 22.6 Å². The first-order valence-corrected chi connectivity index (χ1v) is 14.3. The van der Waals surface area contributed by atoms with Crippen molar-refractivity contribution in [2.24, 2.45) is 0 Å². The van der Waals surface area contributed by atoms with E-state index in [4.69, 9.17) is 14.1 Å². The van der Waals surface area contributed by atoms with Gasteiger partial charge in [-0.15, -0.1) is 11.8 Å². The summed E-state index contributed by atoms with van der Waals surface area (Å²) >= 11 is 3.13. The van der Waals surface area contributed by atoms with Crippen LogP contribution in [0, 0.1) is 0 Å². The normalized spacial score (nSPS) is 22.1. The molecule has 3 heterocycles. The number of benzene rings is 3. The van der Waals surface area contributed by atoms with E-state index < -0.39 is 10.8 Å². The molecule has 192 valence electrons. The molecule has 3 atom stereocenters. The van der Waals surface area contributed by atoms with Crippen molar-refractivity contribution in [1.82, 2.24) is 9.88 Å². The van der Waals surface area contributed by atoms with Crippen molar-refractivity contribution in [1.29, 1.82) is 0 Å². The zero-order chi connectivity index (χ0) is 26.1. The molecule has 0 saturated carbocycles. The summed E-state index contributed by atoms with van der Waals surface area (Å²) in [6, 6.07) is 28.8. The average Bonchev–Trinajstić information content (AvgIpc) is 3.49. The molecule has 0 unspecified atom stereocenters. The lowest BCUT2D eigenvalue weighted by molar-refractivity contribution is -0.162. The zero-order valence-corrected chi connectivity index (χ0v) is 22.4. The van der Waals surface area contributed by atoms with Crippen LogP contribution in [0.2, 0.25) is 0 Å². The second-order valence-electron chi connectivity index (χ2n) is 9.56. The van der Waals surface area contributed by atoms with Crippen molar-refractivity contribution >= 4 is 35.4 Å². The fourth-order valence-electron chi connectivity index (χ4n) is 4.91. The highest BCUT2D eigenvalue weighted by Crippen LogP contribution is 2.53. The SMILES string of the molecule is C[C@@]1(CSc2nc(-c3ccccc3)c(-c3ccccc3)o2)S[C@@H]2CC(=O)N2[C@H]1C(=O)OCc1ccccc1. The third-order valence-electron chi connectivity index (χ3n) is 6.83.